The van der Waals surface area contributed by atoms with E-state index in [0.29, 0.717) is 22.9 Å². The van der Waals surface area contributed by atoms with Crippen molar-refractivity contribution < 1.29 is 22.7 Å². The van der Waals surface area contributed by atoms with Crippen molar-refractivity contribution in [3.63, 3.8) is 0 Å². The molecule has 1 heterocycles. The van der Waals surface area contributed by atoms with Gasteiger partial charge in [0.2, 0.25) is 22.7 Å². The first-order chi connectivity index (χ1) is 15.9. The number of nitrogens with zero attached hydrogens (tertiary/aromatic N) is 1. The molecule has 0 spiro atoms. The van der Waals surface area contributed by atoms with Gasteiger partial charge in [-0.2, -0.15) is 0 Å². The van der Waals surface area contributed by atoms with Crippen molar-refractivity contribution in [1.82, 2.24) is 0 Å². The number of thioether (sulfide) groups is 1. The molecular weight excluding hydrogens is 460 g/mol. The second-order valence-corrected chi connectivity index (χ2v) is 10.5. The molecule has 7 nitrogen and oxygen atoms in total. The number of carbonyl (C=O) groups is 1. The maximum atomic E-state index is 12.7. The molecular formula is C24H24N2O5S2. The van der Waals surface area contributed by atoms with E-state index in [1.165, 1.54) is 4.90 Å². The van der Waals surface area contributed by atoms with Gasteiger partial charge in [-0.25, -0.2) is 8.42 Å². The number of hydrogen-bond donors (Lipinski definition) is 1. The summed E-state index contributed by atoms with van der Waals surface area (Å²) < 4.78 is 37.1. The smallest absolute Gasteiger partial charge is 0.245 e. The Balaban J connectivity index is 1.41. The van der Waals surface area contributed by atoms with Crippen LogP contribution in [0.4, 0.5) is 11.4 Å². The molecule has 0 radical (unpaired) electrons. The summed E-state index contributed by atoms with van der Waals surface area (Å²) >= 11 is 1.73. The molecule has 9 heteroatoms. The number of nitrogens with one attached hydrogen (secondary N) is 1. The third kappa shape index (κ3) is 5.80. The van der Waals surface area contributed by atoms with Crippen molar-refractivity contribution in [2.45, 2.75) is 17.6 Å². The molecule has 3 aromatic carbocycles. The van der Waals surface area contributed by atoms with Gasteiger partial charge in [-0.1, -0.05) is 30.3 Å². The number of carbonyl (C=O) groups excluding carboxylic acids is 1. The number of fused-ring (bicyclic) bond motifs is 1. The molecule has 0 fully saturated rings. The Morgan fingerprint density at radius 3 is 2.45 bits per heavy atom. The van der Waals surface area contributed by atoms with Crippen molar-refractivity contribution >= 4 is 39.1 Å². The number of hydrogen-bond acceptors (Lipinski definition) is 6. The molecule has 0 atom stereocenters. The van der Waals surface area contributed by atoms with E-state index in [4.69, 9.17) is 9.47 Å². The number of sulfonamides is 1. The van der Waals surface area contributed by atoms with Crippen LogP contribution in [-0.2, 0) is 20.6 Å². The minimum absolute atomic E-state index is 0.0830. The van der Waals surface area contributed by atoms with Crippen LogP contribution in [0.1, 0.15) is 12.5 Å². The molecule has 0 saturated heterocycles. The Labute approximate surface area is 197 Å². The van der Waals surface area contributed by atoms with Crippen LogP contribution < -0.4 is 19.1 Å². The zero-order valence-electron chi connectivity index (χ0n) is 18.1. The van der Waals surface area contributed by atoms with Gasteiger partial charge in [0.25, 0.3) is 0 Å². The molecule has 0 saturated carbocycles. The van der Waals surface area contributed by atoms with Crippen molar-refractivity contribution in [2.75, 3.05) is 28.7 Å². The molecule has 33 heavy (non-hydrogen) atoms. The minimum Gasteiger partial charge on any atom is -0.454 e. The summed E-state index contributed by atoms with van der Waals surface area (Å²) in [6.45, 7) is 1.28. The van der Waals surface area contributed by atoms with Crippen LogP contribution in [-0.4, -0.2) is 33.4 Å². The Hall–Kier alpha value is -3.17. The summed E-state index contributed by atoms with van der Waals surface area (Å²) in [7, 11) is -3.69. The van der Waals surface area contributed by atoms with E-state index in [-0.39, 0.29) is 19.1 Å². The average molecular weight is 485 g/mol. The maximum absolute atomic E-state index is 12.7. The van der Waals surface area contributed by atoms with Gasteiger partial charge in [-0.15, -0.1) is 11.8 Å². The summed E-state index contributed by atoms with van der Waals surface area (Å²) in [4.78, 5) is 13.9. The predicted octanol–water partition coefficient (Wildman–Crippen LogP) is 4.50. The van der Waals surface area contributed by atoms with E-state index in [9.17, 15) is 13.2 Å². The quantitative estimate of drug-likeness (QED) is 0.450. The van der Waals surface area contributed by atoms with Crippen LogP contribution in [0.15, 0.2) is 77.7 Å². The molecule has 3 aromatic rings. The molecule has 1 N–H and O–H groups in total. The zero-order chi connectivity index (χ0) is 23.3. The highest BCUT2D eigenvalue weighted by Crippen LogP contribution is 2.36. The molecule has 0 aliphatic carbocycles. The van der Waals surface area contributed by atoms with Gasteiger partial charge in [0.15, 0.2) is 11.5 Å². The van der Waals surface area contributed by atoms with Crippen molar-refractivity contribution in [2.24, 2.45) is 0 Å². The highest BCUT2D eigenvalue weighted by atomic mass is 32.2. The minimum atomic E-state index is -3.69. The third-order valence-electron chi connectivity index (χ3n) is 5.02. The summed E-state index contributed by atoms with van der Waals surface area (Å²) in [6.07, 6.45) is 0. The van der Waals surface area contributed by atoms with E-state index in [1.807, 2.05) is 42.5 Å². The van der Waals surface area contributed by atoms with Crippen LogP contribution in [0.2, 0.25) is 0 Å². The molecule has 4 rings (SSSR count). The van der Waals surface area contributed by atoms with Crippen LogP contribution in [0, 0.1) is 0 Å². The first-order valence-corrected chi connectivity index (χ1v) is 13.0. The van der Waals surface area contributed by atoms with Crippen LogP contribution in [0.5, 0.6) is 11.5 Å². The lowest BCUT2D eigenvalue weighted by molar-refractivity contribution is -0.114. The number of anilines is 2. The van der Waals surface area contributed by atoms with Crippen LogP contribution >= 0.6 is 11.8 Å². The Morgan fingerprint density at radius 1 is 1.00 bits per heavy atom. The van der Waals surface area contributed by atoms with Gasteiger partial charge in [-0.3, -0.25) is 9.10 Å². The first kappa shape index (κ1) is 23.0. The lowest BCUT2D eigenvalue weighted by Crippen LogP contribution is -2.39. The van der Waals surface area contributed by atoms with E-state index < -0.39 is 15.9 Å². The fourth-order valence-electron chi connectivity index (χ4n) is 3.25. The van der Waals surface area contributed by atoms with Gasteiger partial charge in [0, 0.05) is 22.4 Å². The lowest BCUT2D eigenvalue weighted by atomic mass is 10.2. The zero-order valence-corrected chi connectivity index (χ0v) is 19.7. The lowest BCUT2D eigenvalue weighted by Gasteiger charge is -2.23. The maximum Gasteiger partial charge on any atom is 0.245 e. The van der Waals surface area contributed by atoms with Crippen molar-refractivity contribution in [1.29, 1.82) is 0 Å². The molecule has 0 unspecified atom stereocenters. The van der Waals surface area contributed by atoms with E-state index in [1.54, 1.807) is 36.9 Å². The summed E-state index contributed by atoms with van der Waals surface area (Å²) in [6, 6.07) is 22.5. The van der Waals surface area contributed by atoms with Gasteiger partial charge in [0.1, 0.15) is 6.54 Å². The van der Waals surface area contributed by atoms with E-state index in [0.717, 1.165) is 15.6 Å². The number of ether oxygens (including phenoxy) is 2. The van der Waals surface area contributed by atoms with Gasteiger partial charge >= 0.3 is 0 Å². The molecule has 0 bridgehead atoms. The average Bonchev–Trinajstić information content (AvgIpc) is 3.30. The summed E-state index contributed by atoms with van der Waals surface area (Å²) in [5, 5.41) is 2.78. The monoisotopic (exact) mass is 484 g/mol. The van der Waals surface area contributed by atoms with Gasteiger partial charge in [0.05, 0.1) is 11.4 Å². The molecule has 1 amide bonds. The Bertz CT molecular complexity index is 1220. The Kier molecular flexibility index (Phi) is 7.10. The van der Waals surface area contributed by atoms with Crippen LogP contribution in [0.25, 0.3) is 0 Å². The second-order valence-electron chi connectivity index (χ2n) is 7.29. The first-order valence-electron chi connectivity index (χ1n) is 10.4. The van der Waals surface area contributed by atoms with E-state index in [2.05, 4.69) is 17.4 Å². The van der Waals surface area contributed by atoms with Gasteiger partial charge in [-0.05, 0) is 48.9 Å². The number of amides is 1. The third-order valence-corrected chi connectivity index (χ3v) is 7.84. The standard InChI is InChI=1S/C24H24N2O5S2/c1-2-33(28,29)26(20-12-13-22-23(14-20)31-17-30-22)15-24(27)25-19-10-8-18(9-11-19)16-32-21-6-4-3-5-7-21/h3-14H,2,15-17H2,1H3,(H,25,27). The highest BCUT2D eigenvalue weighted by molar-refractivity contribution is 7.98. The number of rotatable bonds is 9. The largest absolute Gasteiger partial charge is 0.454 e. The highest BCUT2D eigenvalue weighted by Gasteiger charge is 2.25. The summed E-state index contributed by atoms with van der Waals surface area (Å²) in [5.74, 6) is 1.24. The number of benzene rings is 3. The van der Waals surface area contributed by atoms with Crippen molar-refractivity contribution in [3.05, 3.63) is 78.4 Å². The molecule has 172 valence electrons. The summed E-state index contributed by atoms with van der Waals surface area (Å²) in [5.41, 5.74) is 2.08. The fraction of sp³-hybridized carbons (Fsp3) is 0.208. The SMILES string of the molecule is CCS(=O)(=O)N(CC(=O)Nc1ccc(CSc2ccccc2)cc1)c1ccc2c(c1)OCO2. The fourth-order valence-corrected chi connectivity index (χ4v) is 5.18. The second kappa shape index (κ2) is 10.2. The Morgan fingerprint density at radius 2 is 1.73 bits per heavy atom. The van der Waals surface area contributed by atoms with Crippen molar-refractivity contribution in [3.8, 4) is 11.5 Å². The predicted molar refractivity (Wildman–Crippen MR) is 130 cm³/mol. The van der Waals surface area contributed by atoms with Gasteiger partial charge < -0.3 is 14.8 Å². The molecule has 1 aliphatic heterocycles. The molecule has 0 aromatic heterocycles. The topological polar surface area (TPSA) is 84.9 Å². The normalized spacial score (nSPS) is 12.4. The molecule has 1 aliphatic rings. The van der Waals surface area contributed by atoms with E-state index >= 15 is 0 Å². The van der Waals surface area contributed by atoms with Crippen LogP contribution in [0.3, 0.4) is 0 Å².